The van der Waals surface area contributed by atoms with Crippen LogP contribution in [0.25, 0.3) is 16.3 Å². The van der Waals surface area contributed by atoms with Crippen LogP contribution in [0.2, 0.25) is 0 Å². The molecule has 0 aliphatic rings. The second-order valence-electron chi connectivity index (χ2n) is 3.51. The van der Waals surface area contributed by atoms with Gasteiger partial charge in [-0.1, -0.05) is 5.16 Å². The highest BCUT2D eigenvalue weighted by atomic mass is 32.1. The molecule has 1 N–H and O–H groups in total. The number of nitrogens with zero attached hydrogens (tertiary/aromatic N) is 3. The van der Waals surface area contributed by atoms with Gasteiger partial charge in [0.25, 0.3) is 0 Å². The molecule has 0 fully saturated rings. The number of carbonyl (C=O) groups is 1. The summed E-state index contributed by atoms with van der Waals surface area (Å²) in [4.78, 5) is 16.0. The predicted molar refractivity (Wildman–Crippen MR) is 60.3 cm³/mol. The van der Waals surface area contributed by atoms with E-state index in [9.17, 15) is 4.79 Å². The highest BCUT2D eigenvalue weighted by Crippen LogP contribution is 2.25. The molecule has 0 saturated heterocycles. The Labute approximate surface area is 99.1 Å². The van der Waals surface area contributed by atoms with Crippen LogP contribution >= 0.6 is 11.3 Å². The monoisotopic (exact) mass is 249 g/mol. The molecule has 0 unspecified atom stereocenters. The molecule has 0 spiro atoms. The maximum Gasteiger partial charge on any atom is 0.375 e. The van der Waals surface area contributed by atoms with E-state index in [0.717, 1.165) is 4.96 Å². The minimum atomic E-state index is -1.12. The Morgan fingerprint density at radius 2 is 2.41 bits per heavy atom. The molecule has 0 bridgehead atoms. The van der Waals surface area contributed by atoms with Gasteiger partial charge in [0, 0.05) is 23.3 Å². The van der Waals surface area contributed by atoms with Crippen LogP contribution in [0.1, 0.15) is 16.1 Å². The van der Waals surface area contributed by atoms with Crippen molar-refractivity contribution in [1.29, 1.82) is 0 Å². The summed E-state index contributed by atoms with van der Waals surface area (Å²) in [6.07, 6.45) is 3.67. The molecule has 3 aromatic rings. The van der Waals surface area contributed by atoms with E-state index in [4.69, 9.17) is 9.63 Å². The van der Waals surface area contributed by atoms with Crippen LogP contribution in [0.4, 0.5) is 0 Å². The number of thiazole rings is 1. The van der Waals surface area contributed by atoms with Crippen molar-refractivity contribution in [2.45, 2.75) is 6.92 Å². The van der Waals surface area contributed by atoms with Crippen molar-refractivity contribution in [1.82, 2.24) is 14.5 Å². The lowest BCUT2D eigenvalue weighted by Gasteiger charge is -1.89. The number of carboxylic acid groups (broad SMARTS) is 1. The molecule has 0 aromatic carbocycles. The molecule has 0 aliphatic carbocycles. The zero-order valence-electron chi connectivity index (χ0n) is 8.75. The van der Waals surface area contributed by atoms with Gasteiger partial charge in [-0.25, -0.2) is 9.78 Å². The van der Waals surface area contributed by atoms with Crippen LogP contribution in [0.3, 0.4) is 0 Å². The summed E-state index contributed by atoms with van der Waals surface area (Å²) >= 11 is 1.50. The molecule has 17 heavy (non-hydrogen) atoms. The summed E-state index contributed by atoms with van der Waals surface area (Å²) in [7, 11) is 0. The maximum absolute atomic E-state index is 10.8. The Kier molecular flexibility index (Phi) is 2.02. The van der Waals surface area contributed by atoms with Crippen LogP contribution in [0, 0.1) is 6.92 Å². The highest BCUT2D eigenvalue weighted by molar-refractivity contribution is 7.15. The summed E-state index contributed by atoms with van der Waals surface area (Å²) in [5.41, 5.74) is 1.58. The first kappa shape index (κ1) is 10.0. The Hall–Kier alpha value is -2.15. The van der Waals surface area contributed by atoms with Crippen molar-refractivity contribution in [3.63, 3.8) is 0 Å². The summed E-state index contributed by atoms with van der Waals surface area (Å²) in [5.74, 6) is -1.27. The number of rotatable bonds is 2. The minimum Gasteiger partial charge on any atom is -0.475 e. The molecule has 7 heteroatoms. The Balaban J connectivity index is 2.15. The van der Waals surface area contributed by atoms with Crippen LogP contribution in [0.15, 0.2) is 22.3 Å². The van der Waals surface area contributed by atoms with E-state index in [-0.39, 0.29) is 5.76 Å². The first-order chi connectivity index (χ1) is 8.16. The second kappa shape index (κ2) is 3.42. The van der Waals surface area contributed by atoms with Gasteiger partial charge in [0.2, 0.25) is 5.76 Å². The van der Waals surface area contributed by atoms with Crippen LogP contribution in [-0.2, 0) is 0 Å². The third-order valence-corrected chi connectivity index (χ3v) is 3.22. The number of hydrogen-bond donors (Lipinski definition) is 1. The summed E-state index contributed by atoms with van der Waals surface area (Å²) in [6.45, 7) is 1.66. The summed E-state index contributed by atoms with van der Waals surface area (Å²) in [6, 6.07) is 0. The smallest absolute Gasteiger partial charge is 0.375 e. The molecule has 3 rings (SSSR count). The molecule has 86 valence electrons. The zero-order valence-corrected chi connectivity index (χ0v) is 9.56. The van der Waals surface area contributed by atoms with Crippen molar-refractivity contribution < 1.29 is 14.4 Å². The van der Waals surface area contributed by atoms with Crippen LogP contribution in [-0.4, -0.2) is 25.6 Å². The van der Waals surface area contributed by atoms with Gasteiger partial charge in [-0.05, 0) is 6.92 Å². The van der Waals surface area contributed by atoms with Gasteiger partial charge in [0.05, 0.1) is 0 Å². The van der Waals surface area contributed by atoms with Gasteiger partial charge in [-0.15, -0.1) is 11.3 Å². The standard InChI is InChI=1S/C10H7N3O3S/c1-5-7(12-16-8(5)9(14)15)6-4-13-2-3-17-10(13)11-6/h2-4H,1H3,(H,14,15). The fourth-order valence-corrected chi connectivity index (χ4v) is 2.32. The fourth-order valence-electron chi connectivity index (χ4n) is 1.62. The lowest BCUT2D eigenvalue weighted by atomic mass is 10.2. The van der Waals surface area contributed by atoms with E-state index in [1.165, 1.54) is 11.3 Å². The van der Waals surface area contributed by atoms with Crippen molar-refractivity contribution in [2.24, 2.45) is 0 Å². The molecule has 3 heterocycles. The molecule has 3 aromatic heterocycles. The number of aromatic nitrogens is 3. The normalized spacial score (nSPS) is 11.1. The number of aromatic carboxylic acids is 1. The summed E-state index contributed by atoms with van der Waals surface area (Å²) in [5, 5.41) is 14.5. The first-order valence-electron chi connectivity index (χ1n) is 4.79. The fraction of sp³-hybridized carbons (Fsp3) is 0.100. The number of carboxylic acids is 1. The maximum atomic E-state index is 10.8. The SMILES string of the molecule is Cc1c(-c2cn3ccsc3n2)noc1C(=O)O. The van der Waals surface area contributed by atoms with E-state index in [0.29, 0.717) is 17.0 Å². The zero-order chi connectivity index (χ0) is 12.0. The molecule has 6 nitrogen and oxygen atoms in total. The average Bonchev–Trinajstić information content (AvgIpc) is 2.88. The molecule has 0 atom stereocenters. The summed E-state index contributed by atoms with van der Waals surface area (Å²) < 4.78 is 6.64. The topological polar surface area (TPSA) is 80.6 Å². The van der Waals surface area contributed by atoms with Crippen LogP contribution in [0.5, 0.6) is 0 Å². The average molecular weight is 249 g/mol. The molecule has 0 amide bonds. The van der Waals surface area contributed by atoms with Gasteiger partial charge in [0.1, 0.15) is 11.4 Å². The first-order valence-corrected chi connectivity index (χ1v) is 5.67. The minimum absolute atomic E-state index is 0.142. The number of hydrogen-bond acceptors (Lipinski definition) is 5. The lowest BCUT2D eigenvalue weighted by Crippen LogP contribution is -1.95. The van der Waals surface area contributed by atoms with E-state index in [1.54, 1.807) is 13.1 Å². The largest absolute Gasteiger partial charge is 0.475 e. The molecular formula is C10H7N3O3S. The van der Waals surface area contributed by atoms with Gasteiger partial charge >= 0.3 is 5.97 Å². The quantitative estimate of drug-likeness (QED) is 0.751. The molecule has 0 radical (unpaired) electrons. The Morgan fingerprint density at radius 1 is 1.59 bits per heavy atom. The Bertz CT molecular complexity index is 681. The Morgan fingerprint density at radius 3 is 3.06 bits per heavy atom. The predicted octanol–water partition coefficient (Wildman–Crippen LogP) is 2.06. The van der Waals surface area contributed by atoms with E-state index < -0.39 is 5.97 Å². The van der Waals surface area contributed by atoms with E-state index >= 15 is 0 Å². The molecule has 0 saturated carbocycles. The number of fused-ring (bicyclic) bond motifs is 1. The number of imidazole rings is 1. The lowest BCUT2D eigenvalue weighted by molar-refractivity contribution is 0.0651. The van der Waals surface area contributed by atoms with Crippen molar-refractivity contribution in [3.8, 4) is 11.4 Å². The molecular weight excluding hydrogens is 242 g/mol. The van der Waals surface area contributed by atoms with Gasteiger partial charge < -0.3 is 9.63 Å². The second-order valence-corrected chi connectivity index (χ2v) is 4.38. The van der Waals surface area contributed by atoms with E-state index in [2.05, 4.69) is 10.1 Å². The van der Waals surface area contributed by atoms with Gasteiger partial charge in [0.15, 0.2) is 4.96 Å². The molecule has 0 aliphatic heterocycles. The van der Waals surface area contributed by atoms with Crippen LogP contribution < -0.4 is 0 Å². The van der Waals surface area contributed by atoms with Gasteiger partial charge in [-0.2, -0.15) is 0 Å². The van der Waals surface area contributed by atoms with Crippen molar-refractivity contribution in [2.75, 3.05) is 0 Å². The third-order valence-electron chi connectivity index (χ3n) is 2.45. The van der Waals surface area contributed by atoms with Gasteiger partial charge in [-0.3, -0.25) is 4.40 Å². The van der Waals surface area contributed by atoms with Crippen molar-refractivity contribution >= 4 is 22.3 Å². The van der Waals surface area contributed by atoms with E-state index in [1.807, 2.05) is 16.0 Å². The third kappa shape index (κ3) is 1.43. The van der Waals surface area contributed by atoms with Crippen molar-refractivity contribution in [3.05, 3.63) is 29.1 Å². The highest BCUT2D eigenvalue weighted by Gasteiger charge is 2.20.